The van der Waals surface area contributed by atoms with Gasteiger partial charge in [0.05, 0.1) is 13.2 Å². The van der Waals surface area contributed by atoms with Crippen molar-refractivity contribution in [3.05, 3.63) is 0 Å². The van der Waals surface area contributed by atoms with Gasteiger partial charge in [0.1, 0.15) is 0 Å². The van der Waals surface area contributed by atoms with Crippen LogP contribution in [0.4, 0.5) is 0 Å². The number of morpholine rings is 1. The summed E-state index contributed by atoms with van der Waals surface area (Å²) in [5.74, 6) is 0. The molecule has 0 amide bonds. The molecule has 17 heavy (non-hydrogen) atoms. The minimum atomic E-state index is 0.193. The molecule has 0 saturated carbocycles. The minimum absolute atomic E-state index is 0.193. The van der Waals surface area contributed by atoms with Gasteiger partial charge < -0.3 is 10.1 Å². The van der Waals surface area contributed by atoms with Crippen molar-refractivity contribution in [2.75, 3.05) is 32.8 Å². The molecule has 0 aromatic heterocycles. The lowest BCUT2D eigenvalue weighted by molar-refractivity contribution is -0.0547. The molecule has 3 nitrogen and oxygen atoms in total. The highest BCUT2D eigenvalue weighted by atomic mass is 16.5. The summed E-state index contributed by atoms with van der Waals surface area (Å²) in [5, 5.41) is 3.67. The highest BCUT2D eigenvalue weighted by Crippen LogP contribution is 2.19. The first-order valence-electron chi connectivity index (χ1n) is 7.16. The Morgan fingerprint density at radius 1 is 1.29 bits per heavy atom. The van der Waals surface area contributed by atoms with Gasteiger partial charge in [0, 0.05) is 24.7 Å². The van der Waals surface area contributed by atoms with Crippen LogP contribution in [0.3, 0.4) is 0 Å². The predicted octanol–water partition coefficient (Wildman–Crippen LogP) is 2.27. The second-order valence-electron chi connectivity index (χ2n) is 5.75. The van der Waals surface area contributed by atoms with E-state index < -0.39 is 0 Å². The minimum Gasteiger partial charge on any atom is -0.378 e. The van der Waals surface area contributed by atoms with Gasteiger partial charge in [0.25, 0.3) is 0 Å². The quantitative estimate of drug-likeness (QED) is 0.741. The van der Waals surface area contributed by atoms with Gasteiger partial charge in [0.15, 0.2) is 0 Å². The van der Waals surface area contributed by atoms with Crippen molar-refractivity contribution in [2.24, 2.45) is 0 Å². The number of hydrogen-bond acceptors (Lipinski definition) is 3. The highest BCUT2D eigenvalue weighted by Gasteiger charge is 2.31. The maximum atomic E-state index is 5.58. The van der Waals surface area contributed by atoms with Crippen molar-refractivity contribution in [1.82, 2.24) is 10.2 Å². The molecule has 1 unspecified atom stereocenters. The van der Waals surface area contributed by atoms with E-state index in [1.54, 1.807) is 0 Å². The normalized spacial score (nSPS) is 22.6. The summed E-state index contributed by atoms with van der Waals surface area (Å²) in [4.78, 5) is 2.58. The number of hydrogen-bond donors (Lipinski definition) is 1. The Bertz CT molecular complexity index is 206. The second-order valence-corrected chi connectivity index (χ2v) is 5.75. The molecule has 102 valence electrons. The van der Waals surface area contributed by atoms with Crippen LogP contribution in [0.15, 0.2) is 0 Å². The van der Waals surface area contributed by atoms with Crippen molar-refractivity contribution in [3.63, 3.8) is 0 Å². The van der Waals surface area contributed by atoms with Crippen LogP contribution in [0, 0.1) is 0 Å². The lowest BCUT2D eigenvalue weighted by atomic mass is 10.0. The summed E-state index contributed by atoms with van der Waals surface area (Å²) in [6.45, 7) is 14.2. The number of nitrogens with one attached hydrogen (secondary N) is 1. The van der Waals surface area contributed by atoms with Crippen LogP contribution in [-0.4, -0.2) is 49.3 Å². The van der Waals surface area contributed by atoms with Crippen LogP contribution in [-0.2, 0) is 4.74 Å². The van der Waals surface area contributed by atoms with Crippen LogP contribution < -0.4 is 5.32 Å². The number of ether oxygens (including phenoxy) is 1. The van der Waals surface area contributed by atoms with Crippen LogP contribution in [0.5, 0.6) is 0 Å². The summed E-state index contributed by atoms with van der Waals surface area (Å²) < 4.78 is 5.58. The highest BCUT2D eigenvalue weighted by molar-refractivity contribution is 4.87. The smallest absolute Gasteiger partial charge is 0.0645 e. The van der Waals surface area contributed by atoms with Crippen molar-refractivity contribution in [2.45, 2.75) is 58.5 Å². The van der Waals surface area contributed by atoms with Gasteiger partial charge in [-0.25, -0.2) is 0 Å². The molecular weight excluding hydrogens is 212 g/mol. The Labute approximate surface area is 107 Å². The molecule has 0 aromatic carbocycles. The van der Waals surface area contributed by atoms with Crippen molar-refractivity contribution < 1.29 is 4.74 Å². The van der Waals surface area contributed by atoms with E-state index in [0.717, 1.165) is 32.8 Å². The number of nitrogens with zero attached hydrogens (tertiary/aromatic N) is 1. The van der Waals surface area contributed by atoms with Gasteiger partial charge in [-0.15, -0.1) is 0 Å². The first kappa shape index (κ1) is 14.9. The Morgan fingerprint density at radius 3 is 2.65 bits per heavy atom. The molecule has 0 spiro atoms. The largest absolute Gasteiger partial charge is 0.378 e. The molecular formula is C14H30N2O. The van der Waals surface area contributed by atoms with Crippen LogP contribution >= 0.6 is 0 Å². The Kier molecular flexibility index (Phi) is 6.45. The third-order valence-electron chi connectivity index (χ3n) is 3.58. The van der Waals surface area contributed by atoms with Gasteiger partial charge in [-0.3, -0.25) is 4.90 Å². The molecule has 1 aliphatic heterocycles. The molecule has 1 saturated heterocycles. The maximum Gasteiger partial charge on any atom is 0.0645 e. The molecule has 0 aromatic rings. The lowest BCUT2D eigenvalue weighted by Gasteiger charge is -2.43. The van der Waals surface area contributed by atoms with E-state index in [4.69, 9.17) is 4.74 Å². The molecule has 3 heteroatoms. The first-order valence-corrected chi connectivity index (χ1v) is 7.16. The first-order chi connectivity index (χ1) is 8.10. The second kappa shape index (κ2) is 7.34. The van der Waals surface area contributed by atoms with Crippen molar-refractivity contribution >= 4 is 0 Å². The van der Waals surface area contributed by atoms with E-state index in [1.165, 1.54) is 19.3 Å². The molecule has 1 heterocycles. The Hall–Kier alpha value is -0.120. The van der Waals surface area contributed by atoms with E-state index >= 15 is 0 Å². The number of rotatable bonds is 7. The summed E-state index contributed by atoms with van der Waals surface area (Å²) in [7, 11) is 0. The molecule has 0 radical (unpaired) electrons. The van der Waals surface area contributed by atoms with E-state index in [-0.39, 0.29) is 5.54 Å². The Morgan fingerprint density at radius 2 is 2.06 bits per heavy atom. The fourth-order valence-corrected chi connectivity index (χ4v) is 2.45. The van der Waals surface area contributed by atoms with E-state index in [1.807, 2.05) is 0 Å². The summed E-state index contributed by atoms with van der Waals surface area (Å²) in [6.07, 6.45) is 3.74. The Balaban J connectivity index is 2.46. The third-order valence-corrected chi connectivity index (χ3v) is 3.58. The summed E-state index contributed by atoms with van der Waals surface area (Å²) in [6, 6.07) is 0.636. The summed E-state index contributed by atoms with van der Waals surface area (Å²) in [5.41, 5.74) is 0.193. The fraction of sp³-hybridized carbons (Fsp3) is 1.00. The van der Waals surface area contributed by atoms with Gasteiger partial charge in [-0.2, -0.15) is 0 Å². The zero-order valence-electron chi connectivity index (χ0n) is 12.1. The van der Waals surface area contributed by atoms with E-state index in [2.05, 4.69) is 37.9 Å². The van der Waals surface area contributed by atoms with E-state index in [0.29, 0.717) is 6.04 Å². The van der Waals surface area contributed by atoms with Gasteiger partial charge in [0.2, 0.25) is 0 Å². The van der Waals surface area contributed by atoms with E-state index in [9.17, 15) is 0 Å². The lowest BCUT2D eigenvalue weighted by Crippen LogP contribution is -2.56. The monoisotopic (exact) mass is 242 g/mol. The molecule has 0 aliphatic carbocycles. The zero-order chi connectivity index (χ0) is 12.7. The van der Waals surface area contributed by atoms with Gasteiger partial charge in [-0.1, -0.05) is 20.3 Å². The molecule has 1 fully saturated rings. The topological polar surface area (TPSA) is 24.5 Å². The maximum absolute atomic E-state index is 5.58. The third kappa shape index (κ3) is 4.94. The molecule has 1 N–H and O–H groups in total. The van der Waals surface area contributed by atoms with Gasteiger partial charge >= 0.3 is 0 Å². The SMILES string of the molecule is CCCNC(CCC)CN1CCOCC1(C)C. The van der Waals surface area contributed by atoms with Gasteiger partial charge in [-0.05, 0) is 33.2 Å². The average molecular weight is 242 g/mol. The van der Waals surface area contributed by atoms with Crippen molar-refractivity contribution in [1.29, 1.82) is 0 Å². The fourth-order valence-electron chi connectivity index (χ4n) is 2.45. The van der Waals surface area contributed by atoms with Crippen LogP contribution in [0.25, 0.3) is 0 Å². The molecule has 1 rings (SSSR count). The summed E-state index contributed by atoms with van der Waals surface area (Å²) >= 11 is 0. The van der Waals surface area contributed by atoms with Crippen LogP contribution in [0.2, 0.25) is 0 Å². The average Bonchev–Trinajstić information content (AvgIpc) is 2.28. The zero-order valence-corrected chi connectivity index (χ0v) is 12.1. The standard InChI is InChI=1S/C14H30N2O/c1-5-7-13(15-8-6-2)11-16-9-10-17-12-14(16,3)4/h13,15H,5-12H2,1-4H3. The van der Waals surface area contributed by atoms with Crippen molar-refractivity contribution in [3.8, 4) is 0 Å². The molecule has 0 bridgehead atoms. The van der Waals surface area contributed by atoms with Crippen LogP contribution in [0.1, 0.15) is 47.0 Å². The molecule has 1 atom stereocenters. The molecule has 1 aliphatic rings. The predicted molar refractivity (Wildman–Crippen MR) is 73.5 cm³/mol.